The number of thioether (sulfide) groups is 1. The molecule has 0 spiro atoms. The molecule has 0 aromatic heterocycles. The molecule has 11 heteroatoms. The van der Waals surface area contributed by atoms with Gasteiger partial charge in [-0.2, -0.15) is 13.2 Å². The number of hydrogen-bond acceptors (Lipinski definition) is 4. The first-order valence-electron chi connectivity index (χ1n) is 8.49. The Morgan fingerprint density at radius 3 is 2.57 bits per heavy atom. The predicted octanol–water partition coefficient (Wildman–Crippen LogP) is 5.71. The van der Waals surface area contributed by atoms with E-state index >= 15 is 0 Å². The first-order chi connectivity index (χ1) is 14.0. The molecule has 1 fully saturated rings. The minimum absolute atomic E-state index is 0.0311. The Bertz CT molecular complexity index is 1020. The van der Waals surface area contributed by atoms with Gasteiger partial charge in [0.25, 0.3) is 0 Å². The first kappa shape index (κ1) is 22.6. The molecular weight excluding hydrogens is 507 g/mol. The van der Waals surface area contributed by atoms with Crippen molar-refractivity contribution in [1.29, 1.82) is 0 Å². The maximum Gasteiger partial charge on any atom is 0.416 e. The summed E-state index contributed by atoms with van der Waals surface area (Å²) < 4.78 is 39.5. The van der Waals surface area contributed by atoms with Gasteiger partial charge in [0.1, 0.15) is 5.25 Å². The van der Waals surface area contributed by atoms with Gasteiger partial charge in [0.05, 0.1) is 22.0 Å². The Kier molecular flexibility index (Phi) is 6.78. The van der Waals surface area contributed by atoms with Gasteiger partial charge in [0, 0.05) is 17.9 Å². The van der Waals surface area contributed by atoms with Crippen LogP contribution in [0.1, 0.15) is 12.0 Å². The molecule has 0 saturated carbocycles. The Morgan fingerprint density at radius 1 is 1.27 bits per heavy atom. The molecule has 1 aliphatic heterocycles. The number of benzene rings is 2. The minimum Gasteiger partial charge on any atom is -0.325 e. The van der Waals surface area contributed by atoms with Gasteiger partial charge in [0.15, 0.2) is 5.17 Å². The van der Waals surface area contributed by atoms with Crippen LogP contribution < -0.4 is 5.32 Å². The lowest BCUT2D eigenvalue weighted by Crippen LogP contribution is -2.30. The number of nitrogens with one attached hydrogen (secondary N) is 1. The number of alkyl halides is 3. The summed E-state index contributed by atoms with van der Waals surface area (Å²) >= 11 is 10.3. The van der Waals surface area contributed by atoms with Crippen molar-refractivity contribution in [3.8, 4) is 0 Å². The average Bonchev–Trinajstić information content (AvgIpc) is 2.92. The van der Waals surface area contributed by atoms with E-state index in [2.05, 4.69) is 26.2 Å². The maximum absolute atomic E-state index is 12.9. The normalized spacial score (nSPS) is 18.2. The highest BCUT2D eigenvalue weighted by atomic mass is 79.9. The molecule has 30 heavy (non-hydrogen) atoms. The predicted molar refractivity (Wildman–Crippen MR) is 115 cm³/mol. The molecule has 1 N–H and O–H groups in total. The number of nitrogens with zero attached hydrogens (tertiary/aromatic N) is 2. The second-order valence-electron chi connectivity index (χ2n) is 6.32. The summed E-state index contributed by atoms with van der Waals surface area (Å²) in [6, 6.07) is 9.81. The minimum atomic E-state index is -4.57. The summed E-state index contributed by atoms with van der Waals surface area (Å²) in [6.45, 7) is 0. The van der Waals surface area contributed by atoms with E-state index in [4.69, 9.17) is 11.6 Å². The number of aliphatic imine (C=N–C) groups is 1. The second kappa shape index (κ2) is 8.99. The Hall–Kier alpha value is -2.04. The van der Waals surface area contributed by atoms with Crippen LogP contribution >= 0.6 is 39.3 Å². The summed E-state index contributed by atoms with van der Waals surface area (Å²) in [5, 5.41) is 2.01. The van der Waals surface area contributed by atoms with Gasteiger partial charge in [-0.05, 0) is 42.5 Å². The van der Waals surface area contributed by atoms with E-state index in [1.54, 1.807) is 19.2 Å². The number of anilines is 1. The number of carbonyl (C=O) groups is 2. The third-order valence-corrected chi connectivity index (χ3v) is 6.22. The van der Waals surface area contributed by atoms with Crippen LogP contribution in [0, 0.1) is 0 Å². The van der Waals surface area contributed by atoms with Crippen molar-refractivity contribution in [2.24, 2.45) is 4.99 Å². The van der Waals surface area contributed by atoms with Gasteiger partial charge in [0.2, 0.25) is 11.8 Å². The van der Waals surface area contributed by atoms with Gasteiger partial charge in [-0.25, -0.2) is 4.99 Å². The van der Waals surface area contributed by atoms with Crippen LogP contribution in [-0.4, -0.2) is 34.2 Å². The lowest BCUT2D eigenvalue weighted by atomic mass is 10.2. The van der Waals surface area contributed by atoms with Crippen molar-refractivity contribution < 1.29 is 22.8 Å². The van der Waals surface area contributed by atoms with E-state index in [1.165, 1.54) is 4.90 Å². The van der Waals surface area contributed by atoms with Crippen molar-refractivity contribution in [3.05, 3.63) is 57.5 Å². The quantitative estimate of drug-likeness (QED) is 0.562. The van der Waals surface area contributed by atoms with Crippen molar-refractivity contribution in [2.75, 3.05) is 12.4 Å². The number of amides is 2. The summed E-state index contributed by atoms with van der Waals surface area (Å²) in [7, 11) is 1.55. The maximum atomic E-state index is 12.9. The summed E-state index contributed by atoms with van der Waals surface area (Å²) in [4.78, 5) is 30.6. The van der Waals surface area contributed by atoms with Crippen molar-refractivity contribution in [3.63, 3.8) is 0 Å². The Labute approximate surface area is 187 Å². The topological polar surface area (TPSA) is 61.8 Å². The van der Waals surface area contributed by atoms with E-state index in [1.807, 2.05) is 12.1 Å². The van der Waals surface area contributed by atoms with Crippen molar-refractivity contribution >= 4 is 67.6 Å². The highest BCUT2D eigenvalue weighted by molar-refractivity contribution is 9.10. The van der Waals surface area contributed by atoms with E-state index in [0.29, 0.717) is 10.9 Å². The third kappa shape index (κ3) is 5.35. The first-order valence-corrected chi connectivity index (χ1v) is 10.5. The lowest BCUT2D eigenvalue weighted by Gasteiger charge is -2.12. The van der Waals surface area contributed by atoms with Crippen LogP contribution in [0.25, 0.3) is 0 Å². The summed E-state index contributed by atoms with van der Waals surface area (Å²) in [6.07, 6.45) is -4.80. The number of halogens is 5. The fraction of sp³-hybridized carbons (Fsp3) is 0.211. The Balaban J connectivity index is 1.70. The van der Waals surface area contributed by atoms with Crippen LogP contribution in [0.15, 0.2) is 51.9 Å². The average molecular weight is 521 g/mol. The number of carbonyl (C=O) groups excluding carboxylic acids is 2. The van der Waals surface area contributed by atoms with Crippen LogP contribution in [-0.2, 0) is 15.8 Å². The van der Waals surface area contributed by atoms with Crippen molar-refractivity contribution in [2.45, 2.75) is 17.8 Å². The van der Waals surface area contributed by atoms with E-state index in [-0.39, 0.29) is 23.0 Å². The van der Waals surface area contributed by atoms with E-state index < -0.39 is 22.9 Å². The van der Waals surface area contributed by atoms with Crippen LogP contribution in [0.5, 0.6) is 0 Å². The zero-order chi connectivity index (χ0) is 22.1. The zero-order valence-electron chi connectivity index (χ0n) is 15.3. The molecule has 2 amide bonds. The van der Waals surface area contributed by atoms with Crippen LogP contribution in [0.3, 0.4) is 0 Å². The molecule has 3 rings (SSSR count). The highest BCUT2D eigenvalue weighted by Gasteiger charge is 2.37. The molecule has 0 unspecified atom stereocenters. The molecule has 158 valence electrons. The third-order valence-electron chi connectivity index (χ3n) is 4.13. The summed E-state index contributed by atoms with van der Waals surface area (Å²) in [5.74, 6) is -0.943. The molecule has 0 radical (unpaired) electrons. The highest BCUT2D eigenvalue weighted by Crippen LogP contribution is 2.35. The van der Waals surface area contributed by atoms with E-state index in [0.717, 1.165) is 34.4 Å². The molecule has 1 heterocycles. The largest absolute Gasteiger partial charge is 0.416 e. The van der Waals surface area contributed by atoms with Gasteiger partial charge in [-0.3, -0.25) is 14.5 Å². The van der Waals surface area contributed by atoms with Gasteiger partial charge in [-0.1, -0.05) is 39.3 Å². The number of hydrogen-bond donors (Lipinski definition) is 1. The fourth-order valence-corrected chi connectivity index (χ4v) is 4.17. The van der Waals surface area contributed by atoms with Gasteiger partial charge in [-0.15, -0.1) is 0 Å². The second-order valence-corrected chi connectivity index (χ2v) is 8.81. The SMILES string of the molecule is CN1C(=O)[C@@H](CC(=O)Nc2cc(C(F)(F)F)ccc2Cl)SC1=Nc1ccc(Br)cc1. The zero-order valence-corrected chi connectivity index (χ0v) is 18.5. The summed E-state index contributed by atoms with van der Waals surface area (Å²) in [5.41, 5.74) is -0.456. The van der Waals surface area contributed by atoms with E-state index in [9.17, 15) is 22.8 Å². The molecule has 5 nitrogen and oxygen atoms in total. The van der Waals surface area contributed by atoms with Gasteiger partial charge >= 0.3 is 6.18 Å². The fourth-order valence-electron chi connectivity index (χ4n) is 2.59. The smallest absolute Gasteiger partial charge is 0.325 e. The standard InChI is InChI=1S/C19H14BrClF3N3O2S/c1-27-17(29)15(30-18(27)25-12-5-3-11(20)4-6-12)9-16(28)26-14-8-10(19(22,23)24)2-7-13(14)21/h2-8,15H,9H2,1H3,(H,26,28)/t15-/m1/s1. The Morgan fingerprint density at radius 2 is 1.93 bits per heavy atom. The number of rotatable bonds is 4. The molecule has 0 aliphatic carbocycles. The van der Waals surface area contributed by atoms with Gasteiger partial charge < -0.3 is 5.32 Å². The molecule has 0 bridgehead atoms. The molecule has 1 atom stereocenters. The molecular formula is C19H14BrClF3N3O2S. The molecule has 1 aliphatic rings. The lowest BCUT2D eigenvalue weighted by molar-refractivity contribution is -0.137. The van der Waals surface area contributed by atoms with Crippen molar-refractivity contribution in [1.82, 2.24) is 4.90 Å². The van der Waals surface area contributed by atoms with Crippen LogP contribution in [0.2, 0.25) is 5.02 Å². The number of amidine groups is 1. The van der Waals surface area contributed by atoms with Crippen LogP contribution in [0.4, 0.5) is 24.5 Å². The molecule has 2 aromatic carbocycles. The molecule has 2 aromatic rings. The monoisotopic (exact) mass is 519 g/mol. The molecule has 1 saturated heterocycles.